The van der Waals surface area contributed by atoms with Gasteiger partial charge in [-0.25, -0.2) is 0 Å². The summed E-state index contributed by atoms with van der Waals surface area (Å²) >= 11 is 0. The summed E-state index contributed by atoms with van der Waals surface area (Å²) in [6.07, 6.45) is 2.34. The Kier molecular flexibility index (Phi) is 7.98. The van der Waals surface area contributed by atoms with Gasteiger partial charge in [-0.15, -0.1) is 0 Å². The fraction of sp³-hybridized carbons (Fsp3) is 0. The molecule has 0 atom stereocenters. The summed E-state index contributed by atoms with van der Waals surface area (Å²) in [5.41, 5.74) is 0. The molecule has 0 aliphatic rings. The van der Waals surface area contributed by atoms with E-state index in [1.807, 2.05) is 36.4 Å². The molecule has 0 aliphatic carbocycles. The van der Waals surface area contributed by atoms with Crippen LogP contribution in [0.4, 0.5) is 0 Å². The molecule has 2 nitrogen and oxygen atoms in total. The fourth-order valence-corrected chi connectivity index (χ4v) is 0.463. The molecule has 0 heterocycles. The highest BCUT2D eigenvalue weighted by atomic mass is 17.2. The third-order valence-electron chi connectivity index (χ3n) is 0.858. The number of hydrogen-bond acceptors (Lipinski definition) is 2. The topological polar surface area (TPSA) is 18.5 Å². The smallest absolute Gasteiger partial charge is 0.135 e. The maximum Gasteiger partial charge on any atom is 0.135 e. The predicted octanol–water partition coefficient (Wildman–Crippen LogP) is 2.91. The molecule has 1 rings (SSSR count). The van der Waals surface area contributed by atoms with Crippen LogP contribution in [0, 0.1) is 0 Å². The van der Waals surface area contributed by atoms with Gasteiger partial charge in [0.15, 0.2) is 0 Å². The zero-order valence-electron chi connectivity index (χ0n) is 6.85. The second-order valence-corrected chi connectivity index (χ2v) is 1.68. The molecule has 1 aromatic rings. The van der Waals surface area contributed by atoms with Crippen LogP contribution >= 0.6 is 0 Å². The largest absolute Gasteiger partial charge is 0.299 e. The SMILES string of the molecule is C=COOC=C.c1ccccc1. The summed E-state index contributed by atoms with van der Waals surface area (Å²) in [6.45, 7) is 6.41. The van der Waals surface area contributed by atoms with Crippen LogP contribution in [-0.2, 0) is 9.78 Å². The lowest BCUT2D eigenvalue weighted by Crippen LogP contribution is -1.70. The minimum Gasteiger partial charge on any atom is -0.299 e. The number of hydrogen-bond donors (Lipinski definition) is 0. The van der Waals surface area contributed by atoms with Crippen molar-refractivity contribution in [2.24, 2.45) is 0 Å². The molecule has 0 saturated carbocycles. The Bertz CT molecular complexity index is 160. The van der Waals surface area contributed by atoms with Gasteiger partial charge < -0.3 is 0 Å². The Balaban J connectivity index is 0.000000202. The van der Waals surface area contributed by atoms with Crippen LogP contribution in [0.3, 0.4) is 0 Å². The second kappa shape index (κ2) is 9.30. The second-order valence-electron chi connectivity index (χ2n) is 1.68. The van der Waals surface area contributed by atoms with Crippen LogP contribution in [0.2, 0.25) is 0 Å². The van der Waals surface area contributed by atoms with E-state index >= 15 is 0 Å². The van der Waals surface area contributed by atoms with Gasteiger partial charge in [0.05, 0.1) is 0 Å². The van der Waals surface area contributed by atoms with Gasteiger partial charge in [0.1, 0.15) is 12.5 Å². The van der Waals surface area contributed by atoms with E-state index in [1.165, 1.54) is 12.5 Å². The molecule has 1 aromatic carbocycles. The first-order valence-corrected chi connectivity index (χ1v) is 3.45. The minimum atomic E-state index is 1.17. The lowest BCUT2D eigenvalue weighted by molar-refractivity contribution is -0.194. The van der Waals surface area contributed by atoms with Crippen molar-refractivity contribution >= 4 is 0 Å². The lowest BCUT2D eigenvalue weighted by atomic mass is 10.4. The standard InChI is InChI=1S/C6H6.C4H6O2/c1-2-4-6-5-3-1;1-3-5-6-4-2/h1-6H;3-4H,1-2H2. The van der Waals surface area contributed by atoms with Crippen LogP contribution in [-0.4, -0.2) is 0 Å². The zero-order chi connectivity index (χ0) is 9.07. The molecule has 0 bridgehead atoms. The van der Waals surface area contributed by atoms with Crippen LogP contribution in [0.1, 0.15) is 0 Å². The van der Waals surface area contributed by atoms with Gasteiger partial charge in [-0.1, -0.05) is 49.6 Å². The van der Waals surface area contributed by atoms with E-state index in [0.717, 1.165) is 0 Å². The molecular weight excluding hydrogens is 152 g/mol. The van der Waals surface area contributed by atoms with E-state index in [0.29, 0.717) is 0 Å². The molecule has 0 saturated heterocycles. The summed E-state index contributed by atoms with van der Waals surface area (Å²) in [5.74, 6) is 0. The molecule has 0 aliphatic heterocycles. The van der Waals surface area contributed by atoms with Crippen molar-refractivity contribution in [3.8, 4) is 0 Å². The van der Waals surface area contributed by atoms with E-state index in [4.69, 9.17) is 0 Å². The normalized spacial score (nSPS) is 7.00. The van der Waals surface area contributed by atoms with Gasteiger partial charge in [-0.3, -0.25) is 9.78 Å². The molecule has 0 fully saturated rings. The van der Waals surface area contributed by atoms with Gasteiger partial charge in [-0.05, 0) is 0 Å². The van der Waals surface area contributed by atoms with E-state index in [9.17, 15) is 0 Å². The molecule has 0 N–H and O–H groups in total. The molecule has 0 radical (unpaired) electrons. The fourth-order valence-electron chi connectivity index (χ4n) is 0.463. The first-order chi connectivity index (χ1) is 5.91. The first kappa shape index (κ1) is 10.3. The summed E-state index contributed by atoms with van der Waals surface area (Å²) in [4.78, 5) is 8.26. The molecule has 0 amide bonds. The van der Waals surface area contributed by atoms with Gasteiger partial charge in [0, 0.05) is 0 Å². The van der Waals surface area contributed by atoms with Crippen molar-refractivity contribution in [3.05, 3.63) is 62.1 Å². The van der Waals surface area contributed by atoms with Crippen LogP contribution < -0.4 is 0 Å². The van der Waals surface area contributed by atoms with Crippen molar-refractivity contribution < 1.29 is 9.78 Å². The Morgan fingerprint density at radius 2 is 0.917 bits per heavy atom. The summed E-state index contributed by atoms with van der Waals surface area (Å²) < 4.78 is 0. The molecule has 0 unspecified atom stereocenters. The summed E-state index contributed by atoms with van der Waals surface area (Å²) in [7, 11) is 0. The lowest BCUT2D eigenvalue weighted by Gasteiger charge is -1.87. The Morgan fingerprint density at radius 3 is 1.08 bits per heavy atom. The molecule has 12 heavy (non-hydrogen) atoms. The maximum atomic E-state index is 4.13. The van der Waals surface area contributed by atoms with E-state index < -0.39 is 0 Å². The van der Waals surface area contributed by atoms with Crippen LogP contribution in [0.15, 0.2) is 62.1 Å². The highest BCUT2D eigenvalue weighted by molar-refractivity contribution is 4.99. The average molecular weight is 164 g/mol. The Morgan fingerprint density at radius 1 is 0.667 bits per heavy atom. The van der Waals surface area contributed by atoms with Crippen molar-refractivity contribution in [1.29, 1.82) is 0 Å². The average Bonchev–Trinajstić information content (AvgIpc) is 2.18. The van der Waals surface area contributed by atoms with Crippen molar-refractivity contribution in [2.75, 3.05) is 0 Å². The van der Waals surface area contributed by atoms with Crippen LogP contribution in [0.25, 0.3) is 0 Å². The van der Waals surface area contributed by atoms with Crippen molar-refractivity contribution in [2.45, 2.75) is 0 Å². The van der Waals surface area contributed by atoms with Crippen molar-refractivity contribution in [3.63, 3.8) is 0 Å². The first-order valence-electron chi connectivity index (χ1n) is 3.45. The van der Waals surface area contributed by atoms with Gasteiger partial charge >= 0.3 is 0 Å². The predicted molar refractivity (Wildman–Crippen MR) is 49.0 cm³/mol. The highest BCUT2D eigenvalue weighted by Crippen LogP contribution is 1.79. The van der Waals surface area contributed by atoms with Gasteiger partial charge in [0.25, 0.3) is 0 Å². The maximum absolute atomic E-state index is 4.13. The monoisotopic (exact) mass is 164 g/mol. The highest BCUT2D eigenvalue weighted by Gasteiger charge is 1.58. The van der Waals surface area contributed by atoms with Gasteiger partial charge in [0.2, 0.25) is 0 Å². The Hall–Kier alpha value is -1.70. The van der Waals surface area contributed by atoms with E-state index in [-0.39, 0.29) is 0 Å². The number of benzene rings is 1. The molecular formula is C10H12O2. The van der Waals surface area contributed by atoms with E-state index in [2.05, 4.69) is 22.9 Å². The zero-order valence-corrected chi connectivity index (χ0v) is 6.85. The molecule has 0 spiro atoms. The van der Waals surface area contributed by atoms with Crippen molar-refractivity contribution in [1.82, 2.24) is 0 Å². The quantitative estimate of drug-likeness (QED) is 0.296. The number of rotatable bonds is 3. The third-order valence-corrected chi connectivity index (χ3v) is 0.858. The van der Waals surface area contributed by atoms with Crippen LogP contribution in [0.5, 0.6) is 0 Å². The molecule has 2 heteroatoms. The summed E-state index contributed by atoms with van der Waals surface area (Å²) in [5, 5.41) is 0. The third kappa shape index (κ3) is 8.30. The molecule has 64 valence electrons. The summed E-state index contributed by atoms with van der Waals surface area (Å²) in [6, 6.07) is 12.0. The van der Waals surface area contributed by atoms with E-state index in [1.54, 1.807) is 0 Å². The minimum absolute atomic E-state index is 1.17. The van der Waals surface area contributed by atoms with Gasteiger partial charge in [-0.2, -0.15) is 0 Å². The Labute approximate surface area is 72.7 Å². The molecule has 0 aromatic heterocycles.